The van der Waals surface area contributed by atoms with Gasteiger partial charge in [0, 0.05) is 24.2 Å². The van der Waals surface area contributed by atoms with E-state index in [0.29, 0.717) is 6.42 Å². The Labute approximate surface area is 127 Å². The molecule has 0 spiro atoms. The number of nitrogens with zero attached hydrogens (tertiary/aromatic N) is 2. The summed E-state index contributed by atoms with van der Waals surface area (Å²) in [7, 11) is -3.98. The first-order chi connectivity index (χ1) is 9.86. The van der Waals surface area contributed by atoms with Gasteiger partial charge in [-0.25, -0.2) is 8.42 Å². The molecule has 7 nitrogen and oxygen atoms in total. The van der Waals surface area contributed by atoms with Gasteiger partial charge in [-0.3, -0.25) is 10.1 Å². The number of benzene rings is 1. The van der Waals surface area contributed by atoms with Crippen LogP contribution < -0.4 is 0 Å². The van der Waals surface area contributed by atoms with Crippen LogP contribution in [0.4, 0.5) is 5.69 Å². The summed E-state index contributed by atoms with van der Waals surface area (Å²) in [6.45, 7) is 2.51. The summed E-state index contributed by atoms with van der Waals surface area (Å²) in [5, 5.41) is 11.2. The number of rotatable bonds is 4. The number of hydrogen-bond donors (Lipinski definition) is 0. The summed E-state index contributed by atoms with van der Waals surface area (Å²) in [6, 6.07) is 3.52. The molecular formula is C12H15ClN2O5S. The second-order valence-corrected chi connectivity index (χ2v) is 6.98. The maximum absolute atomic E-state index is 12.6. The largest absolute Gasteiger partial charge is 0.375 e. The maximum atomic E-state index is 12.6. The van der Waals surface area contributed by atoms with Crippen LogP contribution in [-0.2, 0) is 14.8 Å². The Morgan fingerprint density at radius 1 is 1.52 bits per heavy atom. The van der Waals surface area contributed by atoms with Gasteiger partial charge in [0.15, 0.2) is 4.90 Å². The lowest BCUT2D eigenvalue weighted by molar-refractivity contribution is -0.387. The second-order valence-electron chi connectivity index (χ2n) is 4.63. The molecular weight excluding hydrogens is 320 g/mol. The molecule has 0 aromatic heterocycles. The molecule has 0 unspecified atom stereocenters. The molecule has 1 aromatic rings. The lowest BCUT2D eigenvalue weighted by Gasteiger charge is -2.31. The van der Waals surface area contributed by atoms with Crippen LogP contribution in [0.5, 0.6) is 0 Å². The normalized spacial score (nSPS) is 20.4. The molecule has 1 aromatic carbocycles. The molecule has 116 valence electrons. The summed E-state index contributed by atoms with van der Waals surface area (Å²) in [6.07, 6.45) is 0.468. The minimum absolute atomic E-state index is 0.138. The van der Waals surface area contributed by atoms with E-state index in [2.05, 4.69) is 0 Å². The standard InChI is InChI=1S/C12H15ClN2O5S/c1-2-10-8-14(5-6-20-10)21(18,19)12-7-9(13)3-4-11(12)15(16)17/h3-4,7,10H,2,5-6,8H2,1H3/t10-/m0/s1. The van der Waals surface area contributed by atoms with E-state index in [0.717, 1.165) is 12.1 Å². The van der Waals surface area contributed by atoms with Crippen LogP contribution in [0.3, 0.4) is 0 Å². The number of halogens is 1. The number of hydrogen-bond acceptors (Lipinski definition) is 5. The number of ether oxygens (including phenoxy) is 1. The Balaban J connectivity index is 2.44. The van der Waals surface area contributed by atoms with Crippen LogP contribution >= 0.6 is 11.6 Å². The molecule has 0 N–H and O–H groups in total. The zero-order valence-electron chi connectivity index (χ0n) is 11.4. The van der Waals surface area contributed by atoms with Crippen molar-refractivity contribution in [3.63, 3.8) is 0 Å². The molecule has 0 aliphatic carbocycles. The average molecular weight is 335 g/mol. The van der Waals surface area contributed by atoms with Gasteiger partial charge in [-0.05, 0) is 18.6 Å². The van der Waals surface area contributed by atoms with E-state index < -0.39 is 20.6 Å². The maximum Gasteiger partial charge on any atom is 0.289 e. The summed E-state index contributed by atoms with van der Waals surface area (Å²) in [5.74, 6) is 0. The van der Waals surface area contributed by atoms with Crippen molar-refractivity contribution >= 4 is 27.3 Å². The van der Waals surface area contributed by atoms with E-state index in [4.69, 9.17) is 16.3 Å². The second kappa shape index (κ2) is 6.27. The predicted octanol–water partition coefficient (Wildman–Crippen LogP) is 2.05. The first-order valence-corrected chi connectivity index (χ1v) is 8.23. The lowest BCUT2D eigenvalue weighted by Crippen LogP contribution is -2.45. The van der Waals surface area contributed by atoms with Crippen LogP contribution in [-0.4, -0.2) is 43.4 Å². The molecule has 9 heteroatoms. The third kappa shape index (κ3) is 3.34. The van der Waals surface area contributed by atoms with Gasteiger partial charge in [-0.2, -0.15) is 4.31 Å². The topological polar surface area (TPSA) is 89.8 Å². The van der Waals surface area contributed by atoms with E-state index in [-0.39, 0.29) is 35.7 Å². The molecule has 0 bridgehead atoms. The fraction of sp³-hybridized carbons (Fsp3) is 0.500. The van der Waals surface area contributed by atoms with Crippen molar-refractivity contribution in [1.29, 1.82) is 0 Å². The zero-order valence-corrected chi connectivity index (χ0v) is 12.9. The fourth-order valence-corrected chi connectivity index (χ4v) is 4.02. The predicted molar refractivity (Wildman–Crippen MR) is 76.9 cm³/mol. The smallest absolute Gasteiger partial charge is 0.289 e. The van der Waals surface area contributed by atoms with Crippen LogP contribution in [0.2, 0.25) is 5.02 Å². The Hall–Kier alpha value is -1.22. The SMILES string of the molecule is CC[C@H]1CN(S(=O)(=O)c2cc(Cl)ccc2[N+](=O)[O-])CCO1. The van der Waals surface area contributed by atoms with Gasteiger partial charge in [0.1, 0.15) is 0 Å². The molecule has 1 heterocycles. The highest BCUT2D eigenvalue weighted by atomic mass is 35.5. The fourth-order valence-electron chi connectivity index (χ4n) is 2.14. The number of nitro benzene ring substituents is 1. The minimum atomic E-state index is -3.98. The van der Waals surface area contributed by atoms with E-state index in [1.807, 2.05) is 6.92 Å². The highest BCUT2D eigenvalue weighted by molar-refractivity contribution is 7.89. The monoisotopic (exact) mass is 334 g/mol. The number of nitro groups is 1. The van der Waals surface area contributed by atoms with Crippen LogP contribution in [0.1, 0.15) is 13.3 Å². The van der Waals surface area contributed by atoms with Crippen LogP contribution in [0.25, 0.3) is 0 Å². The van der Waals surface area contributed by atoms with Crippen LogP contribution in [0.15, 0.2) is 23.1 Å². The average Bonchev–Trinajstić information content (AvgIpc) is 2.46. The van der Waals surface area contributed by atoms with Gasteiger partial charge >= 0.3 is 0 Å². The van der Waals surface area contributed by atoms with Crippen molar-refractivity contribution in [2.75, 3.05) is 19.7 Å². The molecule has 1 atom stereocenters. The molecule has 0 radical (unpaired) electrons. The highest BCUT2D eigenvalue weighted by Crippen LogP contribution is 2.30. The molecule has 2 rings (SSSR count). The molecule has 0 amide bonds. The van der Waals surface area contributed by atoms with Crippen molar-refractivity contribution in [1.82, 2.24) is 4.31 Å². The van der Waals surface area contributed by atoms with Gasteiger partial charge in [-0.1, -0.05) is 18.5 Å². The van der Waals surface area contributed by atoms with Gasteiger partial charge < -0.3 is 4.74 Å². The molecule has 0 saturated carbocycles. The molecule has 21 heavy (non-hydrogen) atoms. The first kappa shape index (κ1) is 16.2. The quantitative estimate of drug-likeness (QED) is 0.621. The van der Waals surface area contributed by atoms with Crippen LogP contribution in [0, 0.1) is 10.1 Å². The van der Waals surface area contributed by atoms with Gasteiger partial charge in [0.05, 0.1) is 17.6 Å². The lowest BCUT2D eigenvalue weighted by atomic mass is 10.2. The minimum Gasteiger partial charge on any atom is -0.375 e. The van der Waals surface area contributed by atoms with Crippen molar-refractivity contribution in [3.8, 4) is 0 Å². The van der Waals surface area contributed by atoms with E-state index in [1.54, 1.807) is 0 Å². The van der Waals surface area contributed by atoms with Gasteiger partial charge in [0.2, 0.25) is 10.0 Å². The summed E-state index contributed by atoms with van der Waals surface area (Å²) in [4.78, 5) is 9.94. The van der Waals surface area contributed by atoms with E-state index in [1.165, 1.54) is 10.4 Å². The Bertz CT molecular complexity index is 649. The molecule has 1 saturated heterocycles. The number of sulfonamides is 1. The van der Waals surface area contributed by atoms with Crippen molar-refractivity contribution in [3.05, 3.63) is 33.3 Å². The molecule has 1 fully saturated rings. The third-order valence-corrected chi connectivity index (χ3v) is 5.42. The van der Waals surface area contributed by atoms with Gasteiger partial charge in [0.25, 0.3) is 5.69 Å². The Morgan fingerprint density at radius 3 is 2.86 bits per heavy atom. The summed E-state index contributed by atoms with van der Waals surface area (Å²) in [5.41, 5.74) is -0.473. The van der Waals surface area contributed by atoms with Crippen molar-refractivity contribution in [2.45, 2.75) is 24.3 Å². The zero-order chi connectivity index (χ0) is 15.6. The van der Waals surface area contributed by atoms with E-state index >= 15 is 0 Å². The highest BCUT2D eigenvalue weighted by Gasteiger charge is 2.35. The Kier molecular flexibility index (Phi) is 4.82. The first-order valence-electron chi connectivity index (χ1n) is 6.42. The van der Waals surface area contributed by atoms with Gasteiger partial charge in [-0.15, -0.1) is 0 Å². The summed E-state index contributed by atoms with van der Waals surface area (Å²) >= 11 is 5.79. The van der Waals surface area contributed by atoms with Crippen molar-refractivity contribution in [2.24, 2.45) is 0 Å². The van der Waals surface area contributed by atoms with E-state index in [9.17, 15) is 18.5 Å². The number of morpholine rings is 1. The molecule has 1 aliphatic rings. The summed E-state index contributed by atoms with van der Waals surface area (Å²) < 4.78 is 31.9. The third-order valence-electron chi connectivity index (χ3n) is 3.29. The molecule has 1 aliphatic heterocycles. The van der Waals surface area contributed by atoms with Crippen molar-refractivity contribution < 1.29 is 18.1 Å². The Morgan fingerprint density at radius 2 is 2.24 bits per heavy atom.